The molecule has 2 unspecified atom stereocenters. The highest BCUT2D eigenvalue weighted by atomic mass is 16.6. The van der Waals surface area contributed by atoms with Crippen LogP contribution < -0.4 is 0 Å². The third kappa shape index (κ3) is 18.8. The van der Waals surface area contributed by atoms with Crippen LogP contribution in [0.15, 0.2) is 24.3 Å². The molecule has 0 radical (unpaired) electrons. The van der Waals surface area contributed by atoms with E-state index in [-0.39, 0.29) is 25.4 Å². The number of carbonyl (C=O) groups is 2. The number of aliphatic carboxylic acids is 1. The van der Waals surface area contributed by atoms with Gasteiger partial charge in [-0.3, -0.25) is 0 Å². The highest BCUT2D eigenvalue weighted by Crippen LogP contribution is 2.12. The van der Waals surface area contributed by atoms with E-state index in [1.807, 2.05) is 0 Å². The summed E-state index contributed by atoms with van der Waals surface area (Å²) in [6.07, 6.45) is 0.785. The molecule has 2 fully saturated rings. The number of epoxide rings is 2. The molecular formula is C18H30O9. The van der Waals surface area contributed by atoms with Gasteiger partial charge in [0.15, 0.2) is 0 Å². The van der Waals surface area contributed by atoms with Crippen LogP contribution >= 0.6 is 0 Å². The first-order chi connectivity index (χ1) is 12.8. The SMILES string of the molecule is C(OCC1CO1)C1CO1.C=C(C)C(=O)O.C=C(C)C(=O)OCCOCCO. The smallest absolute Gasteiger partial charge is 0.333 e. The van der Waals surface area contributed by atoms with Crippen LogP contribution in [0.3, 0.4) is 0 Å². The zero-order valence-corrected chi connectivity index (χ0v) is 16.0. The van der Waals surface area contributed by atoms with E-state index in [9.17, 15) is 9.59 Å². The summed E-state index contributed by atoms with van der Waals surface area (Å²) in [6, 6.07) is 0. The fourth-order valence-corrected chi connectivity index (χ4v) is 1.14. The summed E-state index contributed by atoms with van der Waals surface area (Å²) in [5.74, 6) is -1.35. The predicted molar refractivity (Wildman–Crippen MR) is 96.4 cm³/mol. The number of carboxylic acid groups (broad SMARTS) is 1. The Morgan fingerprint density at radius 1 is 0.963 bits per heavy atom. The van der Waals surface area contributed by atoms with Crippen LogP contribution in [0.5, 0.6) is 0 Å². The highest BCUT2D eigenvalue weighted by molar-refractivity contribution is 5.86. The molecule has 0 aliphatic carbocycles. The van der Waals surface area contributed by atoms with Gasteiger partial charge in [-0.25, -0.2) is 9.59 Å². The molecule has 0 saturated carbocycles. The topological polar surface area (TPSA) is 127 Å². The molecule has 0 aromatic rings. The maximum absolute atomic E-state index is 10.7. The molecule has 2 aliphatic heterocycles. The minimum atomic E-state index is -0.935. The van der Waals surface area contributed by atoms with Gasteiger partial charge in [-0.1, -0.05) is 13.2 Å². The summed E-state index contributed by atoms with van der Waals surface area (Å²) in [5, 5.41) is 16.2. The summed E-state index contributed by atoms with van der Waals surface area (Å²) in [6.45, 7) is 13.6. The van der Waals surface area contributed by atoms with E-state index in [0.29, 0.717) is 24.4 Å². The molecule has 2 rings (SSSR count). The number of esters is 1. The number of carbonyl (C=O) groups excluding carboxylic acids is 1. The third-order valence-corrected chi connectivity index (χ3v) is 2.82. The monoisotopic (exact) mass is 390 g/mol. The molecule has 27 heavy (non-hydrogen) atoms. The maximum Gasteiger partial charge on any atom is 0.333 e. The summed E-state index contributed by atoms with van der Waals surface area (Å²) < 4.78 is 24.7. The number of hydrogen-bond donors (Lipinski definition) is 2. The summed E-state index contributed by atoms with van der Waals surface area (Å²) in [4.78, 5) is 20.3. The molecule has 2 N–H and O–H groups in total. The zero-order chi connectivity index (χ0) is 20.7. The van der Waals surface area contributed by atoms with Crippen LogP contribution in [0.1, 0.15) is 13.8 Å². The Labute approximate surface area is 159 Å². The van der Waals surface area contributed by atoms with Gasteiger partial charge >= 0.3 is 11.9 Å². The molecule has 2 atom stereocenters. The fourth-order valence-electron chi connectivity index (χ4n) is 1.14. The van der Waals surface area contributed by atoms with Crippen molar-refractivity contribution < 1.29 is 43.5 Å². The molecule has 2 aliphatic rings. The van der Waals surface area contributed by atoms with E-state index >= 15 is 0 Å². The second kappa shape index (κ2) is 15.3. The standard InChI is InChI=1S/C8H14O4.C6H10O3.C4H6O2/c1-7(2)8(10)12-6-5-11-4-3-9;1(5-3-8-5)7-2-6-4-9-6;1-3(2)4(5)6/h9H,1,3-6H2,2H3;5-6H,1-4H2;1H2,2H3,(H,5,6). The lowest BCUT2D eigenvalue weighted by atomic mass is 10.4. The average Bonchev–Trinajstić information content (AvgIpc) is 3.51. The van der Waals surface area contributed by atoms with Crippen molar-refractivity contribution in [1.82, 2.24) is 0 Å². The van der Waals surface area contributed by atoms with Crippen LogP contribution in [0, 0.1) is 0 Å². The number of carboxylic acids is 1. The summed E-state index contributed by atoms with van der Waals surface area (Å²) in [5.41, 5.74) is 0.548. The van der Waals surface area contributed by atoms with E-state index in [4.69, 9.17) is 33.9 Å². The lowest BCUT2D eigenvalue weighted by molar-refractivity contribution is -0.140. The number of aliphatic hydroxyl groups is 1. The van der Waals surface area contributed by atoms with E-state index in [1.54, 1.807) is 6.92 Å². The first-order valence-electron chi connectivity index (χ1n) is 8.48. The van der Waals surface area contributed by atoms with E-state index < -0.39 is 11.9 Å². The molecule has 0 aromatic heterocycles. The number of hydrogen-bond acceptors (Lipinski definition) is 8. The minimum Gasteiger partial charge on any atom is -0.478 e. The third-order valence-electron chi connectivity index (χ3n) is 2.82. The van der Waals surface area contributed by atoms with Crippen molar-refractivity contribution >= 4 is 11.9 Å². The van der Waals surface area contributed by atoms with Crippen molar-refractivity contribution in [2.24, 2.45) is 0 Å². The van der Waals surface area contributed by atoms with Crippen molar-refractivity contribution in [3.05, 3.63) is 24.3 Å². The molecule has 2 saturated heterocycles. The minimum absolute atomic E-state index is 0.0194. The van der Waals surface area contributed by atoms with Gasteiger partial charge in [0, 0.05) is 11.1 Å². The number of ether oxygens (including phenoxy) is 5. The molecule has 9 heteroatoms. The Kier molecular flexibility index (Phi) is 14.3. The van der Waals surface area contributed by atoms with Crippen molar-refractivity contribution in [2.75, 3.05) is 52.9 Å². The number of aliphatic hydroxyl groups excluding tert-OH is 1. The Morgan fingerprint density at radius 3 is 1.78 bits per heavy atom. The van der Waals surface area contributed by atoms with Crippen molar-refractivity contribution in [2.45, 2.75) is 26.1 Å². The van der Waals surface area contributed by atoms with Gasteiger partial charge in [-0.05, 0) is 13.8 Å². The van der Waals surface area contributed by atoms with Crippen LogP contribution in [0.25, 0.3) is 0 Å². The first-order valence-corrected chi connectivity index (χ1v) is 8.48. The van der Waals surface area contributed by atoms with Crippen LogP contribution in [0.4, 0.5) is 0 Å². The van der Waals surface area contributed by atoms with Crippen LogP contribution in [0.2, 0.25) is 0 Å². The van der Waals surface area contributed by atoms with Crippen LogP contribution in [-0.4, -0.2) is 87.2 Å². The van der Waals surface area contributed by atoms with Gasteiger partial charge < -0.3 is 33.9 Å². The normalized spacial score (nSPS) is 18.8. The quantitative estimate of drug-likeness (QED) is 0.225. The maximum atomic E-state index is 10.7. The van der Waals surface area contributed by atoms with Gasteiger partial charge in [-0.2, -0.15) is 0 Å². The molecule has 0 spiro atoms. The second-order valence-corrected chi connectivity index (χ2v) is 5.79. The molecule has 0 amide bonds. The van der Waals surface area contributed by atoms with E-state index in [1.165, 1.54) is 6.92 Å². The predicted octanol–water partition coefficient (Wildman–Crippen LogP) is 0.562. The van der Waals surface area contributed by atoms with Crippen LogP contribution in [-0.2, 0) is 33.3 Å². The number of rotatable bonds is 11. The molecule has 0 bridgehead atoms. The Balaban J connectivity index is 0.000000397. The Bertz CT molecular complexity index is 443. The summed E-state index contributed by atoms with van der Waals surface area (Å²) in [7, 11) is 0. The molecule has 156 valence electrons. The largest absolute Gasteiger partial charge is 0.478 e. The van der Waals surface area contributed by atoms with Gasteiger partial charge in [0.1, 0.15) is 18.8 Å². The Morgan fingerprint density at radius 2 is 1.44 bits per heavy atom. The van der Waals surface area contributed by atoms with Gasteiger partial charge in [0.2, 0.25) is 0 Å². The molecule has 9 nitrogen and oxygen atoms in total. The lowest BCUT2D eigenvalue weighted by Gasteiger charge is -2.03. The van der Waals surface area contributed by atoms with E-state index in [2.05, 4.69) is 13.2 Å². The molecule has 2 heterocycles. The Hall–Kier alpha value is -1.78. The average molecular weight is 390 g/mol. The first kappa shape index (κ1) is 25.2. The van der Waals surface area contributed by atoms with Gasteiger partial charge in [0.05, 0.1) is 46.2 Å². The fraction of sp³-hybridized carbons (Fsp3) is 0.667. The molecule has 0 aromatic carbocycles. The zero-order valence-electron chi connectivity index (χ0n) is 16.0. The highest BCUT2D eigenvalue weighted by Gasteiger charge is 2.26. The van der Waals surface area contributed by atoms with Crippen molar-refractivity contribution in [3.63, 3.8) is 0 Å². The van der Waals surface area contributed by atoms with E-state index in [0.717, 1.165) is 26.4 Å². The second-order valence-electron chi connectivity index (χ2n) is 5.79. The van der Waals surface area contributed by atoms with Gasteiger partial charge in [-0.15, -0.1) is 0 Å². The molecular weight excluding hydrogens is 360 g/mol. The lowest BCUT2D eigenvalue weighted by Crippen LogP contribution is -2.12. The van der Waals surface area contributed by atoms with Gasteiger partial charge in [0.25, 0.3) is 0 Å². The summed E-state index contributed by atoms with van der Waals surface area (Å²) >= 11 is 0. The van der Waals surface area contributed by atoms with Crippen molar-refractivity contribution in [3.8, 4) is 0 Å². The van der Waals surface area contributed by atoms with Crippen molar-refractivity contribution in [1.29, 1.82) is 0 Å².